The molecule has 0 unspecified atom stereocenters. The minimum atomic E-state index is -0.642. The molecule has 4 aromatic rings. The van der Waals surface area contributed by atoms with E-state index in [0.29, 0.717) is 42.4 Å². The Bertz CT molecular complexity index is 1690. The molecule has 1 aliphatic carbocycles. The fraction of sp³-hybridized carbons (Fsp3) is 0.455. The molecule has 2 atom stereocenters. The van der Waals surface area contributed by atoms with Gasteiger partial charge in [0.2, 0.25) is 5.82 Å². The number of anilines is 1. The Kier molecular flexibility index (Phi) is 9.06. The second kappa shape index (κ2) is 12.8. The number of rotatable bonds is 9. The number of carbonyl (C=O) groups excluding carboxylic acids is 2. The number of pyridine rings is 1. The van der Waals surface area contributed by atoms with Crippen LogP contribution in [0.25, 0.3) is 5.65 Å². The molecule has 5 rings (SSSR count). The summed E-state index contributed by atoms with van der Waals surface area (Å²) in [4.78, 5) is 34.3. The van der Waals surface area contributed by atoms with E-state index < -0.39 is 17.6 Å². The molecule has 0 saturated heterocycles. The molecule has 45 heavy (non-hydrogen) atoms. The molecule has 1 aliphatic rings. The summed E-state index contributed by atoms with van der Waals surface area (Å²) in [5.41, 5.74) is 2.28. The third-order valence-electron chi connectivity index (χ3n) is 7.63. The van der Waals surface area contributed by atoms with Crippen molar-refractivity contribution in [2.24, 2.45) is 0 Å². The number of esters is 1. The number of amides is 2. The first-order valence-electron chi connectivity index (χ1n) is 15.3. The molecule has 12 heteroatoms. The van der Waals surface area contributed by atoms with Gasteiger partial charge in [0.25, 0.3) is 0 Å². The van der Waals surface area contributed by atoms with Gasteiger partial charge in [0.1, 0.15) is 23.3 Å². The molecule has 1 aromatic carbocycles. The third-order valence-corrected chi connectivity index (χ3v) is 7.63. The first kappa shape index (κ1) is 31.8. The van der Waals surface area contributed by atoms with Crippen LogP contribution in [0.15, 0.2) is 48.7 Å². The molecule has 238 valence electrons. The molecule has 0 saturated carbocycles. The van der Waals surface area contributed by atoms with Gasteiger partial charge >= 0.3 is 12.0 Å². The van der Waals surface area contributed by atoms with Crippen LogP contribution in [0.5, 0.6) is 5.75 Å². The molecule has 0 bridgehead atoms. The maximum Gasteiger partial charge on any atom is 0.376 e. The lowest BCUT2D eigenvalue weighted by atomic mass is 9.85. The van der Waals surface area contributed by atoms with Crippen LogP contribution in [0.4, 0.5) is 10.6 Å². The van der Waals surface area contributed by atoms with Crippen molar-refractivity contribution in [2.45, 2.75) is 84.5 Å². The van der Waals surface area contributed by atoms with Crippen LogP contribution in [-0.2, 0) is 20.5 Å². The van der Waals surface area contributed by atoms with Crippen LogP contribution < -0.4 is 15.4 Å². The minimum Gasteiger partial charge on any atom is -0.484 e. The molecule has 3 aromatic heterocycles. The second-order valence-corrected chi connectivity index (χ2v) is 12.5. The van der Waals surface area contributed by atoms with Crippen molar-refractivity contribution in [3.05, 3.63) is 77.1 Å². The molecule has 0 aliphatic heterocycles. The summed E-state index contributed by atoms with van der Waals surface area (Å²) < 4.78 is 19.4. The summed E-state index contributed by atoms with van der Waals surface area (Å²) in [5, 5.41) is 14.5. The number of urea groups is 1. The van der Waals surface area contributed by atoms with Gasteiger partial charge < -0.3 is 19.5 Å². The van der Waals surface area contributed by atoms with E-state index in [1.54, 1.807) is 13.0 Å². The van der Waals surface area contributed by atoms with Crippen LogP contribution >= 0.6 is 0 Å². The molecule has 2 amide bonds. The van der Waals surface area contributed by atoms with E-state index in [-0.39, 0.29) is 35.8 Å². The molecule has 0 spiro atoms. The van der Waals surface area contributed by atoms with E-state index in [2.05, 4.69) is 30.8 Å². The van der Waals surface area contributed by atoms with Crippen LogP contribution in [0.1, 0.15) is 107 Å². The fourth-order valence-corrected chi connectivity index (χ4v) is 5.46. The number of nitrogens with zero attached hydrogens (tertiary/aromatic N) is 5. The van der Waals surface area contributed by atoms with Gasteiger partial charge in [-0.15, -0.1) is 10.2 Å². The summed E-state index contributed by atoms with van der Waals surface area (Å²) in [6.07, 6.45) is 3.00. The number of aromatic nitrogens is 5. The normalized spacial score (nSPS) is 16.6. The highest BCUT2D eigenvalue weighted by molar-refractivity contribution is 5.90. The number of hydrogen-bond donors (Lipinski definition) is 2. The van der Waals surface area contributed by atoms with Crippen LogP contribution in [0, 0.1) is 0 Å². The zero-order chi connectivity index (χ0) is 32.4. The van der Waals surface area contributed by atoms with E-state index in [9.17, 15) is 9.59 Å². The number of fused-ring (bicyclic) bond motifs is 2. The minimum absolute atomic E-state index is 0.0965. The Morgan fingerprint density at radius 2 is 1.71 bits per heavy atom. The van der Waals surface area contributed by atoms with Crippen LogP contribution in [0.3, 0.4) is 0 Å². The first-order chi connectivity index (χ1) is 21.4. The smallest absolute Gasteiger partial charge is 0.376 e. The molecule has 12 nitrogen and oxygen atoms in total. The SMILES string of the molecule is CCOC(=O)c1nc(NC(=O)N[C@H]2CC[C@@H](Oc3ccc4nnc(C(C)(C)OCC)n4c3)c3ccccc32)cc(C(C)(C)C)n1. The maximum absolute atomic E-state index is 13.2. The molecule has 0 radical (unpaired) electrons. The van der Waals surface area contributed by atoms with Crippen molar-refractivity contribution < 1.29 is 23.8 Å². The average molecular weight is 616 g/mol. The van der Waals surface area contributed by atoms with Crippen molar-refractivity contribution >= 4 is 23.5 Å². The van der Waals surface area contributed by atoms with Gasteiger partial charge in [0, 0.05) is 18.1 Å². The highest BCUT2D eigenvalue weighted by Crippen LogP contribution is 2.39. The van der Waals surface area contributed by atoms with Gasteiger partial charge in [0.15, 0.2) is 11.5 Å². The summed E-state index contributed by atoms with van der Waals surface area (Å²) in [7, 11) is 0. The lowest BCUT2D eigenvalue weighted by molar-refractivity contribution is -0.0215. The topological polar surface area (TPSA) is 142 Å². The monoisotopic (exact) mass is 615 g/mol. The van der Waals surface area contributed by atoms with Gasteiger partial charge in [-0.2, -0.15) is 0 Å². The van der Waals surface area contributed by atoms with Crippen LogP contribution in [-0.4, -0.2) is 49.8 Å². The van der Waals surface area contributed by atoms with E-state index in [4.69, 9.17) is 14.2 Å². The molecule has 0 fully saturated rings. The Balaban J connectivity index is 1.33. The number of nitrogens with one attached hydrogen (secondary N) is 2. The van der Waals surface area contributed by atoms with Gasteiger partial charge in [-0.25, -0.2) is 19.6 Å². The van der Waals surface area contributed by atoms with Crippen molar-refractivity contribution in [1.29, 1.82) is 0 Å². The van der Waals surface area contributed by atoms with E-state index in [0.717, 1.165) is 11.1 Å². The van der Waals surface area contributed by atoms with Crippen molar-refractivity contribution in [3.63, 3.8) is 0 Å². The van der Waals surface area contributed by atoms with E-state index in [1.807, 2.05) is 88.5 Å². The van der Waals surface area contributed by atoms with Gasteiger partial charge in [-0.05, 0) is 63.8 Å². The Labute approximate surface area is 262 Å². The highest BCUT2D eigenvalue weighted by atomic mass is 16.5. The van der Waals surface area contributed by atoms with Gasteiger partial charge in [-0.1, -0.05) is 45.0 Å². The van der Waals surface area contributed by atoms with Crippen LogP contribution in [0.2, 0.25) is 0 Å². The standard InChI is InChI=1S/C33H41N7O5/c1-8-43-29(41)28-35-25(32(3,4)5)18-26(36-28)37-31(42)34-23-15-16-24(22-13-11-10-12-21(22)23)45-20-14-17-27-38-39-30(40(27)19-20)33(6,7)44-9-2/h10-14,17-19,23-24H,8-9,15-16H2,1-7H3,(H2,34,35,36,37,42)/t23-,24+/m0/s1. The maximum atomic E-state index is 13.2. The molecule has 2 N–H and O–H groups in total. The number of ether oxygens (including phenoxy) is 3. The highest BCUT2D eigenvalue weighted by Gasteiger charge is 2.31. The zero-order valence-electron chi connectivity index (χ0n) is 26.9. The quantitative estimate of drug-likeness (QED) is 0.215. The van der Waals surface area contributed by atoms with E-state index >= 15 is 0 Å². The summed E-state index contributed by atoms with van der Waals surface area (Å²) in [6, 6.07) is 12.7. The molecule has 3 heterocycles. The Morgan fingerprint density at radius 1 is 0.956 bits per heavy atom. The summed E-state index contributed by atoms with van der Waals surface area (Å²) in [6.45, 7) is 14.3. The molecular weight excluding hydrogens is 574 g/mol. The van der Waals surface area contributed by atoms with Crippen molar-refractivity contribution in [2.75, 3.05) is 18.5 Å². The lowest BCUT2D eigenvalue weighted by Crippen LogP contribution is -2.36. The van der Waals surface area contributed by atoms with Crippen molar-refractivity contribution in [3.8, 4) is 5.75 Å². The van der Waals surface area contributed by atoms with Crippen molar-refractivity contribution in [1.82, 2.24) is 29.9 Å². The predicted octanol–water partition coefficient (Wildman–Crippen LogP) is 6.04. The number of hydrogen-bond acceptors (Lipinski definition) is 9. The summed E-state index contributed by atoms with van der Waals surface area (Å²) >= 11 is 0. The third kappa shape index (κ3) is 7.06. The van der Waals surface area contributed by atoms with Gasteiger partial charge in [0.05, 0.1) is 24.5 Å². The number of benzene rings is 1. The largest absolute Gasteiger partial charge is 0.484 e. The zero-order valence-corrected chi connectivity index (χ0v) is 26.9. The van der Waals surface area contributed by atoms with Gasteiger partial charge in [-0.3, -0.25) is 9.72 Å². The average Bonchev–Trinajstić information content (AvgIpc) is 3.42. The second-order valence-electron chi connectivity index (χ2n) is 12.5. The Morgan fingerprint density at radius 3 is 2.42 bits per heavy atom. The fourth-order valence-electron chi connectivity index (χ4n) is 5.46. The number of carbonyl (C=O) groups is 2. The summed E-state index contributed by atoms with van der Waals surface area (Å²) in [5.74, 6) is 0.849. The lowest BCUT2D eigenvalue weighted by Gasteiger charge is -2.32. The predicted molar refractivity (Wildman–Crippen MR) is 168 cm³/mol. The van der Waals surface area contributed by atoms with E-state index in [1.165, 1.54) is 0 Å². The Hall–Kier alpha value is -4.58. The first-order valence-corrected chi connectivity index (χ1v) is 15.3. The molecular formula is C33H41N7O5.